The Morgan fingerprint density at radius 2 is 1.72 bits per heavy atom. The number of nitrogens with one attached hydrogen (secondary N) is 1. The Morgan fingerprint density at radius 1 is 1.06 bits per heavy atom. The number of carbonyl (C=O) groups is 1. The zero-order chi connectivity index (χ0) is 23.3. The van der Waals surface area contributed by atoms with Crippen LogP contribution in [0.5, 0.6) is 0 Å². The molecule has 0 bridgehead atoms. The van der Waals surface area contributed by atoms with Crippen LogP contribution in [0.2, 0.25) is 0 Å². The summed E-state index contributed by atoms with van der Waals surface area (Å²) in [6, 6.07) is 13.9. The molecule has 2 aromatic rings. The maximum absolute atomic E-state index is 13.1. The predicted octanol–water partition coefficient (Wildman–Crippen LogP) is 3.58. The lowest BCUT2D eigenvalue weighted by atomic mass is 10.1. The van der Waals surface area contributed by atoms with E-state index in [9.17, 15) is 13.2 Å². The maximum atomic E-state index is 13.1. The molecule has 0 saturated carbocycles. The highest BCUT2D eigenvalue weighted by molar-refractivity contribution is 7.89. The molecule has 1 saturated heterocycles. The van der Waals surface area contributed by atoms with Gasteiger partial charge >= 0.3 is 0 Å². The first kappa shape index (κ1) is 24.4. The lowest BCUT2D eigenvalue weighted by Gasteiger charge is -2.34. The van der Waals surface area contributed by atoms with Crippen LogP contribution in [0.1, 0.15) is 43.6 Å². The van der Waals surface area contributed by atoms with Gasteiger partial charge in [-0.1, -0.05) is 32.0 Å². The van der Waals surface area contributed by atoms with Crippen molar-refractivity contribution in [3.05, 3.63) is 59.7 Å². The van der Waals surface area contributed by atoms with E-state index in [1.165, 1.54) is 16.4 Å². The number of hydrogen-bond acceptors (Lipinski definition) is 5. The second kappa shape index (κ2) is 10.6. The Hall–Kier alpha value is -2.26. The van der Waals surface area contributed by atoms with Crippen molar-refractivity contribution in [3.8, 4) is 0 Å². The van der Waals surface area contributed by atoms with Crippen molar-refractivity contribution in [2.75, 3.05) is 31.5 Å². The van der Waals surface area contributed by atoms with Crippen molar-refractivity contribution in [1.82, 2.24) is 9.21 Å². The quantitative estimate of drug-likeness (QED) is 0.653. The molecule has 1 heterocycles. The molecule has 32 heavy (non-hydrogen) atoms. The van der Waals surface area contributed by atoms with Gasteiger partial charge in [0.05, 0.1) is 17.1 Å². The van der Waals surface area contributed by atoms with E-state index in [0.717, 1.165) is 25.2 Å². The number of anilines is 1. The lowest BCUT2D eigenvalue weighted by Crippen LogP contribution is -2.48. The molecule has 2 aromatic carbocycles. The predicted molar refractivity (Wildman–Crippen MR) is 126 cm³/mol. The maximum Gasteiger partial charge on any atom is 0.255 e. The van der Waals surface area contributed by atoms with Crippen LogP contribution in [0.15, 0.2) is 53.4 Å². The highest BCUT2D eigenvalue weighted by atomic mass is 32.2. The van der Waals surface area contributed by atoms with E-state index in [2.05, 4.69) is 24.1 Å². The molecule has 1 aliphatic rings. The summed E-state index contributed by atoms with van der Waals surface area (Å²) in [5.41, 5.74) is 2.09. The Kier molecular flexibility index (Phi) is 8.05. The van der Waals surface area contributed by atoms with Crippen LogP contribution in [-0.4, -0.2) is 61.9 Å². The van der Waals surface area contributed by atoms with Crippen LogP contribution in [0, 0.1) is 0 Å². The molecule has 3 rings (SSSR count). The monoisotopic (exact) mass is 459 g/mol. The normalized spacial score (nSPS) is 19.8. The SMILES string of the molecule is CCN(CC)Cc1cccc(NC(=O)c2cccc(S(=O)(=O)N3CC(C)OC(C)C3)c2)c1. The van der Waals surface area contributed by atoms with Gasteiger partial charge in [-0.2, -0.15) is 4.31 Å². The molecular weight excluding hydrogens is 426 g/mol. The van der Waals surface area contributed by atoms with E-state index >= 15 is 0 Å². The number of nitrogens with zero attached hydrogens (tertiary/aromatic N) is 2. The lowest BCUT2D eigenvalue weighted by molar-refractivity contribution is -0.0440. The van der Waals surface area contributed by atoms with Gasteiger partial charge in [0.25, 0.3) is 5.91 Å². The zero-order valence-electron chi connectivity index (χ0n) is 19.2. The van der Waals surface area contributed by atoms with Gasteiger partial charge in [-0.3, -0.25) is 9.69 Å². The molecule has 1 fully saturated rings. The van der Waals surface area contributed by atoms with Crippen molar-refractivity contribution in [2.45, 2.75) is 51.3 Å². The molecule has 1 N–H and O–H groups in total. The van der Waals surface area contributed by atoms with Crippen LogP contribution in [-0.2, 0) is 21.3 Å². The van der Waals surface area contributed by atoms with Crippen molar-refractivity contribution in [1.29, 1.82) is 0 Å². The van der Waals surface area contributed by atoms with E-state index in [1.807, 2.05) is 38.1 Å². The summed E-state index contributed by atoms with van der Waals surface area (Å²) in [4.78, 5) is 15.3. The largest absolute Gasteiger partial charge is 0.373 e. The number of benzene rings is 2. The molecule has 0 aromatic heterocycles. The highest BCUT2D eigenvalue weighted by Crippen LogP contribution is 2.22. The minimum atomic E-state index is -3.72. The first-order valence-electron chi connectivity index (χ1n) is 11.1. The van der Waals surface area contributed by atoms with Crippen LogP contribution in [0.25, 0.3) is 0 Å². The third-order valence-electron chi connectivity index (χ3n) is 5.61. The van der Waals surface area contributed by atoms with Gasteiger partial charge in [-0.25, -0.2) is 8.42 Å². The number of sulfonamides is 1. The highest BCUT2D eigenvalue weighted by Gasteiger charge is 2.32. The van der Waals surface area contributed by atoms with E-state index in [1.54, 1.807) is 12.1 Å². The average molecular weight is 460 g/mol. The summed E-state index contributed by atoms with van der Waals surface area (Å²) in [5, 5.41) is 2.89. The van der Waals surface area contributed by atoms with Gasteiger partial charge in [-0.05, 0) is 62.8 Å². The number of ether oxygens (including phenoxy) is 1. The van der Waals surface area contributed by atoms with Crippen LogP contribution in [0.4, 0.5) is 5.69 Å². The van der Waals surface area contributed by atoms with Crippen molar-refractivity contribution >= 4 is 21.6 Å². The molecule has 8 heteroatoms. The van der Waals surface area contributed by atoms with Gasteiger partial charge in [0.1, 0.15) is 0 Å². The molecule has 2 unspecified atom stereocenters. The topological polar surface area (TPSA) is 79.0 Å². The molecule has 1 amide bonds. The van der Waals surface area contributed by atoms with Crippen molar-refractivity contribution in [2.24, 2.45) is 0 Å². The van der Waals surface area contributed by atoms with E-state index in [-0.39, 0.29) is 23.0 Å². The second-order valence-electron chi connectivity index (χ2n) is 8.22. The summed E-state index contributed by atoms with van der Waals surface area (Å²) >= 11 is 0. The van der Waals surface area contributed by atoms with Gasteiger partial charge in [0, 0.05) is 30.9 Å². The fourth-order valence-electron chi connectivity index (χ4n) is 3.93. The first-order chi connectivity index (χ1) is 15.2. The van der Waals surface area contributed by atoms with Gasteiger partial charge < -0.3 is 10.1 Å². The molecule has 7 nitrogen and oxygen atoms in total. The number of carbonyl (C=O) groups excluding carboxylic acids is 1. The minimum absolute atomic E-state index is 0.113. The number of amides is 1. The smallest absolute Gasteiger partial charge is 0.255 e. The standard InChI is InChI=1S/C24H33N3O4S/c1-5-26(6-2)17-20-9-7-11-22(13-20)25-24(28)21-10-8-12-23(14-21)32(29,30)27-15-18(3)31-19(4)16-27/h7-14,18-19H,5-6,15-17H2,1-4H3,(H,25,28). The number of morpholine rings is 1. The molecule has 174 valence electrons. The summed E-state index contributed by atoms with van der Waals surface area (Å²) < 4.78 is 33.4. The van der Waals surface area contributed by atoms with Gasteiger partial charge in [-0.15, -0.1) is 0 Å². The Labute approximate surface area is 191 Å². The Bertz CT molecular complexity index is 1030. The van der Waals surface area contributed by atoms with Crippen LogP contribution < -0.4 is 5.32 Å². The molecule has 0 radical (unpaired) electrons. The van der Waals surface area contributed by atoms with Crippen molar-refractivity contribution in [3.63, 3.8) is 0 Å². The number of hydrogen-bond donors (Lipinski definition) is 1. The molecular formula is C24H33N3O4S. The summed E-state index contributed by atoms with van der Waals surface area (Å²) in [5.74, 6) is -0.342. The Balaban J connectivity index is 1.76. The van der Waals surface area contributed by atoms with E-state index in [4.69, 9.17) is 4.74 Å². The fourth-order valence-corrected chi connectivity index (χ4v) is 5.57. The molecule has 0 aliphatic carbocycles. The summed E-state index contributed by atoms with van der Waals surface area (Å²) in [6.45, 7) is 11.3. The molecule has 1 aliphatic heterocycles. The summed E-state index contributed by atoms with van der Waals surface area (Å²) in [6.07, 6.45) is -0.354. The van der Waals surface area contributed by atoms with E-state index in [0.29, 0.717) is 24.3 Å². The summed E-state index contributed by atoms with van der Waals surface area (Å²) in [7, 11) is -3.72. The van der Waals surface area contributed by atoms with Gasteiger partial charge in [0.2, 0.25) is 10.0 Å². The van der Waals surface area contributed by atoms with Gasteiger partial charge in [0.15, 0.2) is 0 Å². The number of rotatable bonds is 8. The second-order valence-corrected chi connectivity index (χ2v) is 10.2. The zero-order valence-corrected chi connectivity index (χ0v) is 20.1. The fraction of sp³-hybridized carbons (Fsp3) is 0.458. The average Bonchev–Trinajstić information content (AvgIpc) is 2.77. The van der Waals surface area contributed by atoms with E-state index < -0.39 is 10.0 Å². The molecule has 2 atom stereocenters. The van der Waals surface area contributed by atoms with Crippen LogP contribution >= 0.6 is 0 Å². The third-order valence-corrected chi connectivity index (χ3v) is 7.43. The van der Waals surface area contributed by atoms with Crippen LogP contribution in [0.3, 0.4) is 0 Å². The Morgan fingerprint density at radius 3 is 2.38 bits per heavy atom. The third kappa shape index (κ3) is 5.95. The minimum Gasteiger partial charge on any atom is -0.373 e. The molecule has 0 spiro atoms. The first-order valence-corrected chi connectivity index (χ1v) is 12.5. The van der Waals surface area contributed by atoms with Crippen molar-refractivity contribution < 1.29 is 17.9 Å².